The molecule has 9 heteroatoms. The highest BCUT2D eigenvalue weighted by molar-refractivity contribution is 6.51. The summed E-state index contributed by atoms with van der Waals surface area (Å²) < 4.78 is 16.8. The van der Waals surface area contributed by atoms with Crippen LogP contribution >= 0.6 is 0 Å². The number of anilines is 1. The van der Waals surface area contributed by atoms with Gasteiger partial charge < -0.3 is 24.3 Å². The van der Waals surface area contributed by atoms with Gasteiger partial charge in [0.05, 0.1) is 43.0 Å². The van der Waals surface area contributed by atoms with E-state index in [1.54, 1.807) is 36.4 Å². The van der Waals surface area contributed by atoms with Gasteiger partial charge in [-0.3, -0.25) is 14.5 Å². The number of aromatic nitrogens is 2. The molecule has 1 atom stereocenters. The van der Waals surface area contributed by atoms with Crippen LogP contribution < -0.4 is 19.1 Å². The van der Waals surface area contributed by atoms with Crippen molar-refractivity contribution < 1.29 is 28.9 Å². The summed E-state index contributed by atoms with van der Waals surface area (Å²) in [5.74, 6) is 0.0425. The number of aromatic amines is 1. The van der Waals surface area contributed by atoms with Crippen LogP contribution in [0.1, 0.15) is 29.7 Å². The van der Waals surface area contributed by atoms with E-state index in [1.165, 1.54) is 12.0 Å². The fourth-order valence-corrected chi connectivity index (χ4v) is 5.04. The predicted molar refractivity (Wildman–Crippen MR) is 141 cm³/mol. The number of ketones is 1. The van der Waals surface area contributed by atoms with Gasteiger partial charge in [-0.2, -0.15) is 0 Å². The summed E-state index contributed by atoms with van der Waals surface area (Å²) in [4.78, 5) is 36.1. The van der Waals surface area contributed by atoms with Gasteiger partial charge >= 0.3 is 5.91 Å². The van der Waals surface area contributed by atoms with Gasteiger partial charge in [-0.1, -0.05) is 18.2 Å². The number of benzene rings is 3. The number of hydrogen-bond donors (Lipinski definition) is 2. The van der Waals surface area contributed by atoms with Gasteiger partial charge in [0.2, 0.25) is 5.95 Å². The van der Waals surface area contributed by atoms with Crippen molar-refractivity contribution in [1.82, 2.24) is 9.97 Å². The van der Waals surface area contributed by atoms with E-state index in [1.807, 2.05) is 31.2 Å². The third-order valence-corrected chi connectivity index (χ3v) is 6.82. The van der Waals surface area contributed by atoms with Gasteiger partial charge in [0.1, 0.15) is 11.5 Å². The summed E-state index contributed by atoms with van der Waals surface area (Å²) >= 11 is 0. The molecule has 6 rings (SSSR count). The first-order valence-corrected chi connectivity index (χ1v) is 12.3. The summed E-state index contributed by atoms with van der Waals surface area (Å²) in [5.41, 5.74) is 3.24. The van der Waals surface area contributed by atoms with Crippen molar-refractivity contribution in [3.8, 4) is 17.2 Å². The van der Waals surface area contributed by atoms with Crippen molar-refractivity contribution in [2.24, 2.45) is 0 Å². The topological polar surface area (TPSA) is 114 Å². The quantitative estimate of drug-likeness (QED) is 0.222. The lowest BCUT2D eigenvalue weighted by Crippen LogP contribution is -2.30. The van der Waals surface area contributed by atoms with E-state index in [4.69, 9.17) is 14.2 Å². The van der Waals surface area contributed by atoms with Gasteiger partial charge in [-0.15, -0.1) is 0 Å². The Morgan fingerprint density at radius 3 is 2.76 bits per heavy atom. The minimum Gasteiger partial charge on any atom is -0.507 e. The number of nitrogens with zero attached hydrogens (tertiary/aromatic N) is 2. The summed E-state index contributed by atoms with van der Waals surface area (Å²) in [5, 5.41) is 11.5. The lowest BCUT2D eigenvalue weighted by atomic mass is 9.94. The van der Waals surface area contributed by atoms with Crippen LogP contribution in [0.4, 0.5) is 5.95 Å². The number of Topliss-reactive ketones (excluding diaryl/α,β-unsaturated/α-hetero) is 1. The summed E-state index contributed by atoms with van der Waals surface area (Å²) in [7, 11) is 1.54. The Kier molecular flexibility index (Phi) is 5.75. The van der Waals surface area contributed by atoms with Gasteiger partial charge in [-0.05, 0) is 60.5 Å². The molecular weight excluding hydrogens is 486 g/mol. The number of carbonyl (C=O) groups is 2. The minimum atomic E-state index is -0.967. The molecular formula is C29H25N3O6. The van der Waals surface area contributed by atoms with Gasteiger partial charge in [0, 0.05) is 12.0 Å². The molecule has 4 aromatic rings. The number of carbonyl (C=O) groups excluding carboxylic acids is 2. The molecule has 3 aromatic carbocycles. The van der Waals surface area contributed by atoms with Gasteiger partial charge in [0.15, 0.2) is 11.5 Å². The number of H-pyrrole nitrogens is 1. The van der Waals surface area contributed by atoms with Crippen LogP contribution in [-0.2, 0) is 16.0 Å². The van der Waals surface area contributed by atoms with Crippen LogP contribution in [0.2, 0.25) is 0 Å². The highest BCUT2D eigenvalue weighted by Crippen LogP contribution is 2.44. The molecule has 192 valence electrons. The van der Waals surface area contributed by atoms with Crippen LogP contribution in [0.5, 0.6) is 17.2 Å². The number of methoxy groups -OCH3 is 1. The highest BCUT2D eigenvalue weighted by atomic mass is 16.5. The molecule has 2 aliphatic heterocycles. The molecule has 0 aliphatic carbocycles. The molecule has 2 aliphatic rings. The van der Waals surface area contributed by atoms with Crippen LogP contribution in [0, 0.1) is 0 Å². The van der Waals surface area contributed by atoms with Crippen molar-refractivity contribution in [2.45, 2.75) is 19.4 Å². The summed E-state index contributed by atoms with van der Waals surface area (Å²) in [6.07, 6.45) is 0.698. The minimum absolute atomic E-state index is 0.0399. The number of hydrogen-bond acceptors (Lipinski definition) is 7. The Morgan fingerprint density at radius 1 is 1.13 bits per heavy atom. The number of para-hydroxylation sites is 2. The smallest absolute Gasteiger partial charge is 0.302 e. The molecule has 0 spiro atoms. The molecule has 38 heavy (non-hydrogen) atoms. The first kappa shape index (κ1) is 23.6. The molecule has 1 unspecified atom stereocenters. The molecule has 1 aromatic heterocycles. The van der Waals surface area contributed by atoms with E-state index in [0.29, 0.717) is 53.3 Å². The number of fused-ring (bicyclic) bond motifs is 2. The Labute approximate surface area is 218 Å². The number of aliphatic hydroxyl groups is 1. The molecule has 9 nitrogen and oxygen atoms in total. The van der Waals surface area contributed by atoms with Gasteiger partial charge in [-0.25, -0.2) is 4.98 Å². The second-order valence-electron chi connectivity index (χ2n) is 9.01. The third-order valence-electron chi connectivity index (χ3n) is 6.82. The zero-order valence-electron chi connectivity index (χ0n) is 20.9. The normalized spacial score (nSPS) is 18.1. The first-order chi connectivity index (χ1) is 18.5. The maximum Gasteiger partial charge on any atom is 0.302 e. The summed E-state index contributed by atoms with van der Waals surface area (Å²) in [6, 6.07) is 16.8. The van der Waals surface area contributed by atoms with E-state index in [2.05, 4.69) is 9.97 Å². The SMILES string of the molecule is CCOc1cc(C2/C(=C(\O)c3ccc4c(c3)CCO4)C(=O)C(=O)N2c2nc3ccccc3[nH]2)ccc1OC. The molecule has 2 N–H and O–H groups in total. The Morgan fingerprint density at radius 2 is 1.97 bits per heavy atom. The molecule has 0 bridgehead atoms. The molecule has 3 heterocycles. The second kappa shape index (κ2) is 9.26. The average Bonchev–Trinajstić information content (AvgIpc) is 3.64. The number of nitrogens with one attached hydrogen (secondary N) is 1. The maximum absolute atomic E-state index is 13.5. The Balaban J connectivity index is 1.56. The number of rotatable bonds is 6. The number of amides is 1. The fraction of sp³-hybridized carbons (Fsp3) is 0.207. The molecule has 0 saturated carbocycles. The lowest BCUT2D eigenvalue weighted by molar-refractivity contribution is -0.132. The Hall–Kier alpha value is -4.79. The summed E-state index contributed by atoms with van der Waals surface area (Å²) in [6.45, 7) is 2.80. The van der Waals surface area contributed by atoms with E-state index >= 15 is 0 Å². The molecule has 1 amide bonds. The molecule has 0 radical (unpaired) electrons. The highest BCUT2D eigenvalue weighted by Gasteiger charge is 2.48. The lowest BCUT2D eigenvalue weighted by Gasteiger charge is -2.24. The van der Waals surface area contributed by atoms with Crippen molar-refractivity contribution >= 4 is 34.4 Å². The van der Waals surface area contributed by atoms with E-state index < -0.39 is 17.7 Å². The standard InChI is InChI=1S/C29H25N3O6/c1-3-37-23-15-17(8-11-22(23)36-2)25-24(26(33)18-9-10-21-16(14-18)12-13-38-21)27(34)28(35)32(25)29-30-19-6-4-5-7-20(19)31-29/h4-11,14-15,25,33H,3,12-13H2,1-2H3,(H,30,31)/b26-24+. The average molecular weight is 512 g/mol. The van der Waals surface area contributed by atoms with E-state index in [-0.39, 0.29) is 17.3 Å². The van der Waals surface area contributed by atoms with Crippen molar-refractivity contribution in [2.75, 3.05) is 25.2 Å². The number of ether oxygens (including phenoxy) is 3. The van der Waals surface area contributed by atoms with E-state index in [9.17, 15) is 14.7 Å². The van der Waals surface area contributed by atoms with Crippen LogP contribution in [0.3, 0.4) is 0 Å². The first-order valence-electron chi connectivity index (χ1n) is 12.3. The Bertz CT molecular complexity index is 1590. The van der Waals surface area contributed by atoms with Crippen LogP contribution in [0.25, 0.3) is 16.8 Å². The van der Waals surface area contributed by atoms with Gasteiger partial charge in [0.25, 0.3) is 5.78 Å². The van der Waals surface area contributed by atoms with Crippen LogP contribution in [-0.4, -0.2) is 47.1 Å². The zero-order chi connectivity index (χ0) is 26.4. The fourth-order valence-electron chi connectivity index (χ4n) is 5.04. The number of aliphatic hydroxyl groups excluding tert-OH is 1. The molecule has 1 saturated heterocycles. The van der Waals surface area contributed by atoms with Crippen LogP contribution in [0.15, 0.2) is 66.2 Å². The predicted octanol–water partition coefficient (Wildman–Crippen LogP) is 4.53. The largest absolute Gasteiger partial charge is 0.507 e. The van der Waals surface area contributed by atoms with Crippen molar-refractivity contribution in [3.05, 3.63) is 82.9 Å². The van der Waals surface area contributed by atoms with E-state index in [0.717, 1.165) is 11.3 Å². The second-order valence-corrected chi connectivity index (χ2v) is 9.01. The monoisotopic (exact) mass is 511 g/mol. The van der Waals surface area contributed by atoms with Crippen molar-refractivity contribution in [3.63, 3.8) is 0 Å². The third kappa shape index (κ3) is 3.75. The maximum atomic E-state index is 13.5. The number of imidazole rings is 1. The molecule has 1 fully saturated rings. The van der Waals surface area contributed by atoms with Crippen molar-refractivity contribution in [1.29, 1.82) is 0 Å². The zero-order valence-corrected chi connectivity index (χ0v) is 20.9.